The Morgan fingerprint density at radius 2 is 2.30 bits per heavy atom. The average Bonchev–Trinajstić information content (AvgIpc) is 2.38. The van der Waals surface area contributed by atoms with E-state index in [2.05, 4.69) is 10.3 Å². The van der Waals surface area contributed by atoms with Gasteiger partial charge in [0.15, 0.2) is 0 Å². The van der Waals surface area contributed by atoms with E-state index in [1.165, 1.54) is 0 Å². The zero-order valence-electron chi connectivity index (χ0n) is 10.8. The molecule has 0 aliphatic carbocycles. The van der Waals surface area contributed by atoms with Crippen LogP contribution in [-0.4, -0.2) is 48.6 Å². The summed E-state index contributed by atoms with van der Waals surface area (Å²) in [6.45, 7) is 1.51. The molecule has 110 valence electrons. The molecule has 1 aromatic heterocycles. The van der Waals surface area contributed by atoms with Gasteiger partial charge in [-0.2, -0.15) is 13.2 Å². The van der Waals surface area contributed by atoms with Crippen LogP contribution in [0.15, 0.2) is 18.3 Å². The first-order valence-electron chi connectivity index (χ1n) is 6.00. The smallest absolute Gasteiger partial charge is 0.366 e. The molecule has 0 aromatic carbocycles. The van der Waals surface area contributed by atoms with Gasteiger partial charge in [0.05, 0.1) is 12.2 Å². The number of carbonyl (C=O) groups is 1. The number of rotatable bonds is 2. The van der Waals surface area contributed by atoms with Crippen molar-refractivity contribution in [3.63, 3.8) is 0 Å². The third-order valence-electron chi connectivity index (χ3n) is 2.90. The number of alkyl halides is 3. The van der Waals surface area contributed by atoms with E-state index in [4.69, 9.17) is 4.74 Å². The van der Waals surface area contributed by atoms with E-state index in [0.29, 0.717) is 19.7 Å². The van der Waals surface area contributed by atoms with E-state index < -0.39 is 23.8 Å². The highest BCUT2D eigenvalue weighted by molar-refractivity contribution is 5.93. The van der Waals surface area contributed by atoms with Crippen molar-refractivity contribution in [3.05, 3.63) is 23.9 Å². The van der Waals surface area contributed by atoms with E-state index in [1.54, 1.807) is 0 Å². The van der Waals surface area contributed by atoms with Crippen LogP contribution in [0, 0.1) is 0 Å². The number of aromatic nitrogens is 1. The van der Waals surface area contributed by atoms with Gasteiger partial charge in [-0.05, 0) is 19.2 Å². The van der Waals surface area contributed by atoms with Gasteiger partial charge in [0, 0.05) is 19.3 Å². The molecule has 1 N–H and O–H groups in total. The fourth-order valence-corrected chi connectivity index (χ4v) is 1.82. The molecule has 0 saturated carbocycles. The second-order valence-electron chi connectivity index (χ2n) is 4.54. The van der Waals surface area contributed by atoms with Crippen molar-refractivity contribution < 1.29 is 22.7 Å². The van der Waals surface area contributed by atoms with Crippen molar-refractivity contribution in [1.29, 1.82) is 0 Å². The van der Waals surface area contributed by atoms with Gasteiger partial charge in [-0.15, -0.1) is 0 Å². The molecule has 0 bridgehead atoms. The Morgan fingerprint density at radius 1 is 1.55 bits per heavy atom. The van der Waals surface area contributed by atoms with Gasteiger partial charge in [0.1, 0.15) is 11.9 Å². The molecule has 5 nitrogen and oxygen atoms in total. The summed E-state index contributed by atoms with van der Waals surface area (Å²) in [5, 5.41) is 2.34. The van der Waals surface area contributed by atoms with E-state index in [0.717, 1.165) is 18.3 Å². The molecule has 1 saturated heterocycles. The first-order chi connectivity index (χ1) is 9.36. The Morgan fingerprint density at radius 3 is 2.95 bits per heavy atom. The van der Waals surface area contributed by atoms with E-state index >= 15 is 0 Å². The molecule has 8 heteroatoms. The highest BCUT2D eigenvalue weighted by Crippen LogP contribution is 2.29. The monoisotopic (exact) mass is 289 g/mol. The molecule has 1 fully saturated rings. The minimum absolute atomic E-state index is 0.137. The Hall–Kier alpha value is -1.67. The summed E-state index contributed by atoms with van der Waals surface area (Å²) in [6.07, 6.45) is -4.17. The second-order valence-corrected chi connectivity index (χ2v) is 4.54. The van der Waals surface area contributed by atoms with Gasteiger partial charge in [0.25, 0.3) is 5.91 Å². The van der Waals surface area contributed by atoms with Gasteiger partial charge in [0.2, 0.25) is 0 Å². The minimum atomic E-state index is -4.47. The number of nitrogens with zero attached hydrogens (tertiary/aromatic N) is 2. The Labute approximate surface area is 113 Å². The van der Waals surface area contributed by atoms with Gasteiger partial charge < -0.3 is 15.0 Å². The third-order valence-corrected chi connectivity index (χ3v) is 2.90. The lowest BCUT2D eigenvalue weighted by atomic mass is 10.2. The van der Waals surface area contributed by atoms with Crippen molar-refractivity contribution in [3.8, 4) is 0 Å². The lowest BCUT2D eigenvalue weighted by Crippen LogP contribution is -2.46. The van der Waals surface area contributed by atoms with Crippen LogP contribution in [0.1, 0.15) is 5.56 Å². The lowest BCUT2D eigenvalue weighted by Gasteiger charge is -2.28. The molecule has 1 amide bonds. The summed E-state index contributed by atoms with van der Waals surface area (Å²) in [5.74, 6) is -0.634. The number of nitrogens with one attached hydrogen (secondary N) is 1. The molecule has 1 aromatic rings. The third kappa shape index (κ3) is 3.67. The zero-order valence-corrected chi connectivity index (χ0v) is 10.8. The first-order valence-corrected chi connectivity index (χ1v) is 6.00. The fourth-order valence-electron chi connectivity index (χ4n) is 1.82. The Balaban J connectivity index is 2.04. The molecule has 2 rings (SSSR count). The fraction of sp³-hybridized carbons (Fsp3) is 0.500. The summed E-state index contributed by atoms with van der Waals surface area (Å²) < 4.78 is 42.9. The standard InChI is InChI=1S/C12H14F3N3O2/c1-18-4-5-20-9(7-18)11(19)17-10-6-8(2-3-16-10)12(13,14)15/h2-3,6,9H,4-5,7H2,1H3,(H,16,17,19). The highest BCUT2D eigenvalue weighted by Gasteiger charge is 2.31. The van der Waals surface area contributed by atoms with E-state index in [-0.39, 0.29) is 5.82 Å². The maximum atomic E-state index is 12.5. The summed E-state index contributed by atoms with van der Waals surface area (Å²) in [6, 6.07) is 1.64. The average molecular weight is 289 g/mol. The van der Waals surface area contributed by atoms with Crippen LogP contribution in [-0.2, 0) is 15.7 Å². The number of hydrogen-bond donors (Lipinski definition) is 1. The number of pyridine rings is 1. The second kappa shape index (κ2) is 5.76. The summed E-state index contributed by atoms with van der Waals surface area (Å²) >= 11 is 0. The minimum Gasteiger partial charge on any atom is -0.366 e. The number of anilines is 1. The number of halogens is 3. The molecule has 2 heterocycles. The van der Waals surface area contributed by atoms with Crippen molar-refractivity contribution in [2.75, 3.05) is 32.1 Å². The summed E-state index contributed by atoms with van der Waals surface area (Å²) in [4.78, 5) is 17.5. The number of hydrogen-bond acceptors (Lipinski definition) is 4. The topological polar surface area (TPSA) is 54.5 Å². The SMILES string of the molecule is CN1CCOC(C(=O)Nc2cc(C(F)(F)F)ccn2)C1. The van der Waals surface area contributed by atoms with Crippen molar-refractivity contribution in [2.24, 2.45) is 0 Å². The molecule has 20 heavy (non-hydrogen) atoms. The predicted molar refractivity (Wildman–Crippen MR) is 65.1 cm³/mol. The molecule has 1 aliphatic rings. The van der Waals surface area contributed by atoms with Crippen molar-refractivity contribution in [2.45, 2.75) is 12.3 Å². The summed E-state index contributed by atoms with van der Waals surface area (Å²) in [5.41, 5.74) is -0.857. The van der Waals surface area contributed by atoms with Crippen LogP contribution in [0.2, 0.25) is 0 Å². The van der Waals surface area contributed by atoms with Crippen molar-refractivity contribution >= 4 is 11.7 Å². The molecule has 0 spiro atoms. The van der Waals surface area contributed by atoms with Crippen LogP contribution < -0.4 is 5.32 Å². The predicted octanol–water partition coefficient (Wildman–Crippen LogP) is 1.37. The molecule has 1 unspecified atom stereocenters. The van der Waals surface area contributed by atoms with Crippen LogP contribution in [0.5, 0.6) is 0 Å². The number of ether oxygens (including phenoxy) is 1. The number of amides is 1. The van der Waals surface area contributed by atoms with Gasteiger partial charge in [-0.1, -0.05) is 0 Å². The van der Waals surface area contributed by atoms with Gasteiger partial charge >= 0.3 is 6.18 Å². The van der Waals surface area contributed by atoms with E-state index in [9.17, 15) is 18.0 Å². The largest absolute Gasteiger partial charge is 0.416 e. The quantitative estimate of drug-likeness (QED) is 0.893. The van der Waals surface area contributed by atoms with Crippen molar-refractivity contribution in [1.82, 2.24) is 9.88 Å². The highest BCUT2D eigenvalue weighted by atomic mass is 19.4. The molecule has 0 radical (unpaired) electrons. The van der Waals surface area contributed by atoms with E-state index in [1.807, 2.05) is 11.9 Å². The van der Waals surface area contributed by atoms with Crippen LogP contribution in [0.3, 0.4) is 0 Å². The van der Waals surface area contributed by atoms with Gasteiger partial charge in [-0.25, -0.2) is 4.98 Å². The van der Waals surface area contributed by atoms with Crippen LogP contribution >= 0.6 is 0 Å². The van der Waals surface area contributed by atoms with Crippen LogP contribution in [0.4, 0.5) is 19.0 Å². The molecule has 1 atom stereocenters. The maximum absolute atomic E-state index is 12.5. The number of likely N-dealkylation sites (N-methyl/N-ethyl adjacent to an activating group) is 1. The normalized spacial score (nSPS) is 20.7. The molecular weight excluding hydrogens is 275 g/mol. The Kier molecular flexibility index (Phi) is 4.24. The molecular formula is C12H14F3N3O2. The van der Waals surface area contributed by atoms with Gasteiger partial charge in [-0.3, -0.25) is 4.79 Å². The number of morpholine rings is 1. The molecule has 1 aliphatic heterocycles. The number of carbonyl (C=O) groups excluding carboxylic acids is 1. The lowest BCUT2D eigenvalue weighted by molar-refractivity contribution is -0.137. The summed E-state index contributed by atoms with van der Waals surface area (Å²) in [7, 11) is 1.84. The maximum Gasteiger partial charge on any atom is 0.416 e. The first kappa shape index (κ1) is 14.7. The zero-order chi connectivity index (χ0) is 14.8. The Bertz CT molecular complexity index is 493. The van der Waals surface area contributed by atoms with Crippen LogP contribution in [0.25, 0.3) is 0 Å².